The van der Waals surface area contributed by atoms with Gasteiger partial charge in [-0.15, -0.1) is 5.10 Å². The minimum Gasteiger partial charge on any atom is -0.287 e. The summed E-state index contributed by atoms with van der Waals surface area (Å²) in [5.74, 6) is -0.145. The molecule has 0 saturated carbocycles. The zero-order chi connectivity index (χ0) is 11.0. The molecule has 0 atom stereocenters. The second-order valence-electron chi connectivity index (χ2n) is 3.41. The molecule has 2 heterocycles. The lowest BCUT2D eigenvalue weighted by atomic mass is 10.1. The van der Waals surface area contributed by atoms with E-state index in [9.17, 15) is 4.79 Å². The molecule has 0 unspecified atom stereocenters. The molecule has 0 aliphatic heterocycles. The Morgan fingerprint density at radius 1 is 1.27 bits per heavy atom. The second-order valence-corrected chi connectivity index (χ2v) is 3.41. The van der Waals surface area contributed by atoms with Crippen molar-refractivity contribution in [2.24, 2.45) is 14.1 Å². The van der Waals surface area contributed by atoms with Gasteiger partial charge in [0.05, 0.1) is 17.5 Å². The number of rotatable bonds is 2. The Labute approximate surface area is 86.5 Å². The average molecular weight is 205 g/mol. The van der Waals surface area contributed by atoms with Crippen LogP contribution in [0.3, 0.4) is 0 Å². The van der Waals surface area contributed by atoms with E-state index >= 15 is 0 Å². The summed E-state index contributed by atoms with van der Waals surface area (Å²) in [6.07, 6.45) is 3.28. The fourth-order valence-electron chi connectivity index (χ4n) is 1.41. The Hall–Kier alpha value is -1.98. The standard InChI is InChI=1S/C9H11N5O/c1-6-7(4-13(2)11-6)9(15)8-5-14(3)12-10-8/h4-5H,1-3H3. The SMILES string of the molecule is Cc1nn(C)cc1C(=O)c1cn(C)nn1. The van der Waals surface area contributed by atoms with Gasteiger partial charge in [0.25, 0.3) is 0 Å². The van der Waals surface area contributed by atoms with Gasteiger partial charge >= 0.3 is 0 Å². The molecule has 2 aromatic heterocycles. The van der Waals surface area contributed by atoms with E-state index in [1.54, 1.807) is 38.1 Å². The molecule has 0 aliphatic rings. The minimum absolute atomic E-state index is 0.145. The topological polar surface area (TPSA) is 65.6 Å². The number of carbonyl (C=O) groups excluding carboxylic acids is 1. The maximum Gasteiger partial charge on any atom is 0.218 e. The summed E-state index contributed by atoms with van der Waals surface area (Å²) in [5, 5.41) is 11.6. The van der Waals surface area contributed by atoms with Gasteiger partial charge in [0.15, 0.2) is 5.69 Å². The van der Waals surface area contributed by atoms with Crippen molar-refractivity contribution in [3.8, 4) is 0 Å². The summed E-state index contributed by atoms with van der Waals surface area (Å²) in [5.41, 5.74) is 1.61. The average Bonchev–Trinajstić information content (AvgIpc) is 2.71. The van der Waals surface area contributed by atoms with Gasteiger partial charge in [-0.3, -0.25) is 14.2 Å². The third-order valence-electron chi connectivity index (χ3n) is 2.09. The summed E-state index contributed by atoms with van der Waals surface area (Å²) >= 11 is 0. The molecule has 0 radical (unpaired) electrons. The molecule has 0 fully saturated rings. The number of aryl methyl sites for hydroxylation is 3. The van der Waals surface area contributed by atoms with Gasteiger partial charge in [0.2, 0.25) is 5.78 Å². The molecule has 15 heavy (non-hydrogen) atoms. The second kappa shape index (κ2) is 3.30. The van der Waals surface area contributed by atoms with Crippen molar-refractivity contribution in [2.75, 3.05) is 0 Å². The number of aromatic nitrogens is 5. The van der Waals surface area contributed by atoms with Crippen LogP contribution in [0.15, 0.2) is 12.4 Å². The Bertz CT molecular complexity index is 510. The normalized spacial score (nSPS) is 10.6. The van der Waals surface area contributed by atoms with Gasteiger partial charge in [-0.2, -0.15) is 5.10 Å². The number of carbonyl (C=O) groups is 1. The molecule has 2 rings (SSSR count). The van der Waals surface area contributed by atoms with Crippen molar-refractivity contribution in [3.05, 3.63) is 29.3 Å². The van der Waals surface area contributed by atoms with Crippen molar-refractivity contribution in [1.29, 1.82) is 0 Å². The molecule has 0 amide bonds. The largest absolute Gasteiger partial charge is 0.287 e. The van der Waals surface area contributed by atoms with Gasteiger partial charge in [0, 0.05) is 20.3 Å². The van der Waals surface area contributed by atoms with Crippen molar-refractivity contribution < 1.29 is 4.79 Å². The highest BCUT2D eigenvalue weighted by atomic mass is 16.1. The molecular formula is C9H11N5O. The third kappa shape index (κ3) is 1.65. The van der Waals surface area contributed by atoms with Crippen LogP contribution in [0.1, 0.15) is 21.7 Å². The predicted octanol–water partition coefficient (Wildman–Crippen LogP) is 0.0880. The van der Waals surface area contributed by atoms with Gasteiger partial charge in [-0.1, -0.05) is 5.21 Å². The summed E-state index contributed by atoms with van der Waals surface area (Å²) in [4.78, 5) is 11.9. The van der Waals surface area contributed by atoms with Crippen molar-refractivity contribution in [3.63, 3.8) is 0 Å². The van der Waals surface area contributed by atoms with Crippen LogP contribution in [-0.2, 0) is 14.1 Å². The Morgan fingerprint density at radius 3 is 2.47 bits per heavy atom. The van der Waals surface area contributed by atoms with Crippen LogP contribution in [0.25, 0.3) is 0 Å². The first kappa shape index (κ1) is 9.57. The smallest absolute Gasteiger partial charge is 0.218 e. The third-order valence-corrected chi connectivity index (χ3v) is 2.09. The summed E-state index contributed by atoms with van der Waals surface area (Å²) in [6.45, 7) is 1.80. The summed E-state index contributed by atoms with van der Waals surface area (Å²) in [6, 6.07) is 0. The predicted molar refractivity (Wildman–Crippen MR) is 52.4 cm³/mol. The molecule has 0 aliphatic carbocycles. The van der Waals surface area contributed by atoms with Crippen LogP contribution in [0.2, 0.25) is 0 Å². The maximum atomic E-state index is 11.9. The lowest BCUT2D eigenvalue weighted by Gasteiger charge is -1.91. The highest BCUT2D eigenvalue weighted by Crippen LogP contribution is 2.10. The summed E-state index contributed by atoms with van der Waals surface area (Å²) < 4.78 is 3.11. The van der Waals surface area contributed by atoms with Gasteiger partial charge in [-0.05, 0) is 6.92 Å². The highest BCUT2D eigenvalue weighted by Gasteiger charge is 2.17. The zero-order valence-electron chi connectivity index (χ0n) is 8.80. The van der Waals surface area contributed by atoms with Gasteiger partial charge < -0.3 is 0 Å². The Morgan fingerprint density at radius 2 is 2.00 bits per heavy atom. The highest BCUT2D eigenvalue weighted by molar-refractivity contribution is 6.08. The van der Waals surface area contributed by atoms with E-state index in [2.05, 4.69) is 15.4 Å². The molecule has 0 N–H and O–H groups in total. The quantitative estimate of drug-likeness (QED) is 0.651. The Balaban J connectivity index is 2.40. The van der Waals surface area contributed by atoms with E-state index in [1.807, 2.05) is 0 Å². The Kier molecular flexibility index (Phi) is 2.11. The van der Waals surface area contributed by atoms with Crippen molar-refractivity contribution >= 4 is 5.78 Å². The van der Waals surface area contributed by atoms with E-state index in [0.717, 1.165) is 0 Å². The first-order chi connectivity index (χ1) is 7.08. The fourth-order valence-corrected chi connectivity index (χ4v) is 1.41. The van der Waals surface area contributed by atoms with E-state index in [0.29, 0.717) is 17.0 Å². The molecule has 6 heteroatoms. The molecule has 0 aromatic carbocycles. The molecule has 78 valence electrons. The van der Waals surface area contributed by atoms with Gasteiger partial charge in [0.1, 0.15) is 0 Å². The number of nitrogens with zero attached hydrogens (tertiary/aromatic N) is 5. The van der Waals surface area contributed by atoms with E-state index in [4.69, 9.17) is 0 Å². The van der Waals surface area contributed by atoms with E-state index in [1.165, 1.54) is 4.68 Å². The van der Waals surface area contributed by atoms with Crippen LogP contribution in [-0.4, -0.2) is 30.6 Å². The van der Waals surface area contributed by atoms with Crippen molar-refractivity contribution in [1.82, 2.24) is 24.8 Å². The van der Waals surface area contributed by atoms with Crippen LogP contribution in [0.5, 0.6) is 0 Å². The van der Waals surface area contributed by atoms with Crippen LogP contribution >= 0.6 is 0 Å². The molecular weight excluding hydrogens is 194 g/mol. The van der Waals surface area contributed by atoms with Crippen LogP contribution < -0.4 is 0 Å². The van der Waals surface area contributed by atoms with Crippen LogP contribution in [0, 0.1) is 6.92 Å². The first-order valence-electron chi connectivity index (χ1n) is 4.49. The zero-order valence-corrected chi connectivity index (χ0v) is 8.80. The molecule has 0 saturated heterocycles. The molecule has 0 spiro atoms. The first-order valence-corrected chi connectivity index (χ1v) is 4.49. The number of hydrogen-bond donors (Lipinski definition) is 0. The van der Waals surface area contributed by atoms with E-state index in [-0.39, 0.29) is 5.78 Å². The van der Waals surface area contributed by atoms with Crippen LogP contribution in [0.4, 0.5) is 0 Å². The molecule has 2 aromatic rings. The summed E-state index contributed by atoms with van der Waals surface area (Å²) in [7, 11) is 3.50. The monoisotopic (exact) mass is 205 g/mol. The molecule has 6 nitrogen and oxygen atoms in total. The fraction of sp³-hybridized carbons (Fsp3) is 0.333. The number of ketones is 1. The number of hydrogen-bond acceptors (Lipinski definition) is 4. The molecule has 0 bridgehead atoms. The van der Waals surface area contributed by atoms with Gasteiger partial charge in [-0.25, -0.2) is 0 Å². The van der Waals surface area contributed by atoms with Crippen molar-refractivity contribution in [2.45, 2.75) is 6.92 Å². The van der Waals surface area contributed by atoms with E-state index < -0.39 is 0 Å². The lowest BCUT2D eigenvalue weighted by molar-refractivity contribution is 0.103. The maximum absolute atomic E-state index is 11.9. The minimum atomic E-state index is -0.145. The lowest BCUT2D eigenvalue weighted by Crippen LogP contribution is -2.02.